The second kappa shape index (κ2) is 6.50. The number of anilines is 1. The summed E-state index contributed by atoms with van der Waals surface area (Å²) < 4.78 is 0. The Kier molecular flexibility index (Phi) is 3.87. The minimum atomic E-state index is 0.758. The van der Waals surface area contributed by atoms with Crippen molar-refractivity contribution in [3.63, 3.8) is 0 Å². The van der Waals surface area contributed by atoms with Gasteiger partial charge in [-0.25, -0.2) is 9.97 Å². The Morgan fingerprint density at radius 1 is 0.885 bits per heavy atom. The van der Waals surface area contributed by atoms with Crippen LogP contribution in [0.25, 0.3) is 32.7 Å². The number of aromatic nitrogens is 3. The maximum atomic E-state index is 4.99. The Hall–Kier alpha value is -2.79. The van der Waals surface area contributed by atoms with E-state index in [1.165, 1.54) is 29.4 Å². The zero-order valence-electron chi connectivity index (χ0n) is 14.3. The molecule has 1 aliphatic heterocycles. The van der Waals surface area contributed by atoms with Crippen LogP contribution in [0.2, 0.25) is 0 Å². The van der Waals surface area contributed by atoms with Gasteiger partial charge in [0.25, 0.3) is 0 Å². The van der Waals surface area contributed by atoms with Crippen LogP contribution in [0.3, 0.4) is 0 Å². The molecule has 1 aromatic carbocycles. The van der Waals surface area contributed by atoms with E-state index in [2.05, 4.69) is 45.6 Å². The SMILES string of the molecule is c1ccc(-c2csc3nc(-c4cccnc4)nc(N4CCCC4)c23)cc1. The molecule has 0 spiro atoms. The van der Waals surface area contributed by atoms with Crippen molar-refractivity contribution >= 4 is 27.4 Å². The minimum absolute atomic E-state index is 0.758. The van der Waals surface area contributed by atoms with Crippen molar-refractivity contribution in [3.8, 4) is 22.5 Å². The Balaban J connectivity index is 1.75. The van der Waals surface area contributed by atoms with Crippen LogP contribution >= 0.6 is 11.3 Å². The molecule has 0 bridgehead atoms. The van der Waals surface area contributed by atoms with E-state index < -0.39 is 0 Å². The number of nitrogens with zero attached hydrogens (tertiary/aromatic N) is 4. The van der Waals surface area contributed by atoms with Crippen molar-refractivity contribution < 1.29 is 0 Å². The number of hydrogen-bond donors (Lipinski definition) is 0. The van der Waals surface area contributed by atoms with Crippen molar-refractivity contribution in [2.45, 2.75) is 12.8 Å². The first-order valence-electron chi connectivity index (χ1n) is 8.90. The largest absolute Gasteiger partial charge is 0.356 e. The van der Waals surface area contributed by atoms with E-state index in [1.54, 1.807) is 17.5 Å². The van der Waals surface area contributed by atoms with Gasteiger partial charge in [0, 0.05) is 42.0 Å². The summed E-state index contributed by atoms with van der Waals surface area (Å²) in [6.07, 6.45) is 6.06. The van der Waals surface area contributed by atoms with Gasteiger partial charge in [0.1, 0.15) is 10.6 Å². The van der Waals surface area contributed by atoms with E-state index in [9.17, 15) is 0 Å². The fourth-order valence-corrected chi connectivity index (χ4v) is 4.48. The van der Waals surface area contributed by atoms with Crippen LogP contribution in [0, 0.1) is 0 Å². The minimum Gasteiger partial charge on any atom is -0.356 e. The summed E-state index contributed by atoms with van der Waals surface area (Å²) in [5.74, 6) is 1.82. The Morgan fingerprint density at radius 3 is 2.46 bits per heavy atom. The van der Waals surface area contributed by atoms with Crippen LogP contribution in [-0.2, 0) is 0 Å². The van der Waals surface area contributed by atoms with E-state index in [-0.39, 0.29) is 0 Å². The summed E-state index contributed by atoms with van der Waals surface area (Å²) in [4.78, 5) is 17.5. The van der Waals surface area contributed by atoms with Crippen molar-refractivity contribution in [2.24, 2.45) is 0 Å². The molecule has 128 valence electrons. The molecular formula is C21H18N4S. The first-order chi connectivity index (χ1) is 12.9. The molecule has 1 saturated heterocycles. The van der Waals surface area contributed by atoms with Crippen molar-refractivity contribution in [1.29, 1.82) is 0 Å². The molecule has 5 rings (SSSR count). The zero-order chi connectivity index (χ0) is 17.3. The highest BCUT2D eigenvalue weighted by atomic mass is 32.1. The van der Waals surface area contributed by atoms with Crippen molar-refractivity contribution in [3.05, 3.63) is 60.2 Å². The van der Waals surface area contributed by atoms with Gasteiger partial charge in [-0.15, -0.1) is 11.3 Å². The Bertz CT molecular complexity index is 1040. The number of pyridine rings is 1. The number of fused-ring (bicyclic) bond motifs is 1. The van der Waals surface area contributed by atoms with Crippen LogP contribution in [0.15, 0.2) is 60.2 Å². The highest BCUT2D eigenvalue weighted by Gasteiger charge is 2.22. The van der Waals surface area contributed by atoms with Gasteiger partial charge in [-0.05, 0) is 30.5 Å². The average Bonchev–Trinajstić information content (AvgIpc) is 3.39. The van der Waals surface area contributed by atoms with Crippen LogP contribution in [0.4, 0.5) is 5.82 Å². The lowest BCUT2D eigenvalue weighted by Gasteiger charge is -2.19. The lowest BCUT2D eigenvalue weighted by Crippen LogP contribution is -2.19. The van der Waals surface area contributed by atoms with Gasteiger partial charge < -0.3 is 4.90 Å². The zero-order valence-corrected chi connectivity index (χ0v) is 15.1. The van der Waals surface area contributed by atoms with Crippen LogP contribution < -0.4 is 4.90 Å². The molecule has 4 aromatic rings. The molecule has 0 atom stereocenters. The fraction of sp³-hybridized carbons (Fsp3) is 0.190. The van der Waals surface area contributed by atoms with E-state index in [0.717, 1.165) is 35.1 Å². The van der Waals surface area contributed by atoms with Gasteiger partial charge in [-0.3, -0.25) is 4.98 Å². The summed E-state index contributed by atoms with van der Waals surface area (Å²) in [5.41, 5.74) is 3.41. The summed E-state index contributed by atoms with van der Waals surface area (Å²) in [6.45, 7) is 2.12. The summed E-state index contributed by atoms with van der Waals surface area (Å²) in [7, 11) is 0. The second-order valence-electron chi connectivity index (χ2n) is 6.50. The topological polar surface area (TPSA) is 41.9 Å². The molecule has 0 amide bonds. The third-order valence-electron chi connectivity index (χ3n) is 4.82. The van der Waals surface area contributed by atoms with Gasteiger partial charge in [-0.2, -0.15) is 0 Å². The lowest BCUT2D eigenvalue weighted by atomic mass is 10.1. The fourth-order valence-electron chi connectivity index (χ4n) is 3.54. The number of benzene rings is 1. The summed E-state index contributed by atoms with van der Waals surface area (Å²) >= 11 is 1.69. The van der Waals surface area contributed by atoms with E-state index in [1.807, 2.05) is 18.3 Å². The van der Waals surface area contributed by atoms with Crippen molar-refractivity contribution in [1.82, 2.24) is 15.0 Å². The normalized spacial score (nSPS) is 14.2. The predicted molar refractivity (Wildman–Crippen MR) is 108 cm³/mol. The molecule has 0 N–H and O–H groups in total. The third kappa shape index (κ3) is 2.65. The molecule has 26 heavy (non-hydrogen) atoms. The first kappa shape index (κ1) is 15.5. The predicted octanol–water partition coefficient (Wildman–Crippen LogP) is 5.02. The third-order valence-corrected chi connectivity index (χ3v) is 5.70. The molecular weight excluding hydrogens is 340 g/mol. The molecule has 0 saturated carbocycles. The van der Waals surface area contributed by atoms with Gasteiger partial charge in [0.15, 0.2) is 5.82 Å². The molecule has 4 heterocycles. The van der Waals surface area contributed by atoms with Gasteiger partial charge in [0.2, 0.25) is 0 Å². The maximum absolute atomic E-state index is 4.99. The molecule has 5 heteroatoms. The Morgan fingerprint density at radius 2 is 1.69 bits per heavy atom. The highest BCUT2D eigenvalue weighted by molar-refractivity contribution is 7.17. The summed E-state index contributed by atoms with van der Waals surface area (Å²) in [5, 5.41) is 3.39. The molecule has 4 nitrogen and oxygen atoms in total. The molecule has 3 aromatic heterocycles. The van der Waals surface area contributed by atoms with E-state index in [4.69, 9.17) is 9.97 Å². The van der Waals surface area contributed by atoms with E-state index in [0.29, 0.717) is 0 Å². The van der Waals surface area contributed by atoms with Crippen molar-refractivity contribution in [2.75, 3.05) is 18.0 Å². The molecule has 1 fully saturated rings. The van der Waals surface area contributed by atoms with Crippen LogP contribution in [-0.4, -0.2) is 28.0 Å². The van der Waals surface area contributed by atoms with E-state index >= 15 is 0 Å². The number of thiophene rings is 1. The average molecular weight is 358 g/mol. The standard InChI is InChI=1S/C21H18N4S/c1-2-7-15(8-3-1)17-14-26-21-18(17)20(25-11-4-5-12-25)23-19(24-21)16-9-6-10-22-13-16/h1-3,6-10,13-14H,4-5,11-12H2. The molecule has 0 unspecified atom stereocenters. The second-order valence-corrected chi connectivity index (χ2v) is 7.36. The summed E-state index contributed by atoms with van der Waals surface area (Å²) in [6, 6.07) is 14.5. The number of rotatable bonds is 3. The first-order valence-corrected chi connectivity index (χ1v) is 9.78. The van der Waals surface area contributed by atoms with Crippen LogP contribution in [0.1, 0.15) is 12.8 Å². The maximum Gasteiger partial charge on any atom is 0.164 e. The quantitative estimate of drug-likeness (QED) is 0.516. The molecule has 1 aliphatic rings. The number of hydrogen-bond acceptors (Lipinski definition) is 5. The molecule has 0 radical (unpaired) electrons. The monoisotopic (exact) mass is 358 g/mol. The smallest absolute Gasteiger partial charge is 0.164 e. The van der Waals surface area contributed by atoms with Gasteiger partial charge in [-0.1, -0.05) is 30.3 Å². The Labute approximate surface area is 156 Å². The lowest BCUT2D eigenvalue weighted by molar-refractivity contribution is 0.942. The van der Waals surface area contributed by atoms with Gasteiger partial charge >= 0.3 is 0 Å². The van der Waals surface area contributed by atoms with Gasteiger partial charge in [0.05, 0.1) is 5.39 Å². The highest BCUT2D eigenvalue weighted by Crippen LogP contribution is 2.40. The van der Waals surface area contributed by atoms with Crippen LogP contribution in [0.5, 0.6) is 0 Å². The molecule has 0 aliphatic carbocycles.